The van der Waals surface area contributed by atoms with E-state index >= 15 is 0 Å². The highest BCUT2D eigenvalue weighted by Crippen LogP contribution is 2.30. The van der Waals surface area contributed by atoms with Gasteiger partial charge in [-0.3, -0.25) is 14.9 Å². The predicted octanol–water partition coefficient (Wildman–Crippen LogP) is 2.78. The van der Waals surface area contributed by atoms with E-state index in [0.717, 1.165) is 5.76 Å². The smallest absolute Gasteiger partial charge is 0.293 e. The maximum Gasteiger partial charge on any atom is 0.293 e. The number of furan rings is 1. The highest BCUT2D eigenvalue weighted by molar-refractivity contribution is 5.96. The van der Waals surface area contributed by atoms with Gasteiger partial charge in [0.15, 0.2) is 0 Å². The van der Waals surface area contributed by atoms with E-state index in [4.69, 9.17) is 9.15 Å². The minimum Gasteiger partial charge on any atom is -0.469 e. The van der Waals surface area contributed by atoms with E-state index in [9.17, 15) is 14.9 Å². The van der Waals surface area contributed by atoms with E-state index in [-0.39, 0.29) is 23.2 Å². The van der Waals surface area contributed by atoms with Gasteiger partial charge in [-0.25, -0.2) is 0 Å². The molecule has 1 saturated heterocycles. The highest BCUT2D eigenvalue weighted by Gasteiger charge is 2.23. The van der Waals surface area contributed by atoms with Crippen LogP contribution in [0.15, 0.2) is 41.0 Å². The topological polar surface area (TPSA) is 97.9 Å². The lowest BCUT2D eigenvalue weighted by Gasteiger charge is -2.28. The zero-order valence-corrected chi connectivity index (χ0v) is 15.2. The number of anilines is 1. The van der Waals surface area contributed by atoms with Gasteiger partial charge in [0, 0.05) is 37.2 Å². The molecule has 3 rings (SSSR count). The maximum absolute atomic E-state index is 12.5. The summed E-state index contributed by atoms with van der Waals surface area (Å²) in [5.41, 5.74) is 0.738. The minimum atomic E-state index is -0.443. The number of benzene rings is 1. The number of amides is 1. The van der Waals surface area contributed by atoms with Crippen LogP contribution in [0.4, 0.5) is 11.4 Å². The molecule has 1 aliphatic heterocycles. The van der Waals surface area contributed by atoms with Crippen molar-refractivity contribution in [3.05, 3.63) is 58.0 Å². The summed E-state index contributed by atoms with van der Waals surface area (Å²) in [7, 11) is 0. The van der Waals surface area contributed by atoms with Gasteiger partial charge < -0.3 is 19.4 Å². The standard InChI is InChI=1S/C19H23N3O5/c1-14(4-6-16-3-2-10-27-16)20-19(23)15-5-7-17(18(13-15)22(24)25)21-8-11-26-12-9-21/h2-3,5,7,10,13-14H,4,6,8-9,11-12H2,1H3,(H,20,23). The lowest BCUT2D eigenvalue weighted by molar-refractivity contribution is -0.384. The second-order valence-electron chi connectivity index (χ2n) is 6.55. The largest absolute Gasteiger partial charge is 0.469 e. The van der Waals surface area contributed by atoms with Gasteiger partial charge in [0.1, 0.15) is 11.4 Å². The fraction of sp³-hybridized carbons (Fsp3) is 0.421. The number of aryl methyl sites for hydroxylation is 1. The summed E-state index contributed by atoms with van der Waals surface area (Å²) >= 11 is 0. The number of nitro groups is 1. The molecule has 1 unspecified atom stereocenters. The molecule has 0 bridgehead atoms. The van der Waals surface area contributed by atoms with Gasteiger partial charge in [-0.2, -0.15) is 0 Å². The van der Waals surface area contributed by atoms with E-state index in [1.807, 2.05) is 24.0 Å². The van der Waals surface area contributed by atoms with Crippen molar-refractivity contribution < 1.29 is 18.9 Å². The fourth-order valence-electron chi connectivity index (χ4n) is 3.08. The third-order valence-corrected chi connectivity index (χ3v) is 4.57. The van der Waals surface area contributed by atoms with Crippen LogP contribution >= 0.6 is 0 Å². The van der Waals surface area contributed by atoms with Crippen molar-refractivity contribution in [1.29, 1.82) is 0 Å². The number of carbonyl (C=O) groups is 1. The van der Waals surface area contributed by atoms with Crippen LogP contribution in [0, 0.1) is 10.1 Å². The normalized spacial score (nSPS) is 15.4. The molecule has 8 heteroatoms. The lowest BCUT2D eigenvalue weighted by Crippen LogP contribution is -2.36. The number of ether oxygens (including phenoxy) is 1. The van der Waals surface area contributed by atoms with E-state index in [1.54, 1.807) is 18.4 Å². The fourth-order valence-corrected chi connectivity index (χ4v) is 3.08. The van der Waals surface area contributed by atoms with Gasteiger partial charge in [-0.05, 0) is 37.6 Å². The Kier molecular flexibility index (Phi) is 6.08. The number of nitrogens with one attached hydrogen (secondary N) is 1. The molecule has 2 aromatic rings. The first kappa shape index (κ1) is 18.9. The quantitative estimate of drug-likeness (QED) is 0.592. The molecule has 1 aliphatic rings. The van der Waals surface area contributed by atoms with Crippen LogP contribution in [0.3, 0.4) is 0 Å². The van der Waals surface area contributed by atoms with Crippen molar-refractivity contribution in [1.82, 2.24) is 5.32 Å². The number of rotatable bonds is 7. The Balaban J connectivity index is 1.67. The minimum absolute atomic E-state index is 0.0622. The van der Waals surface area contributed by atoms with Crippen molar-refractivity contribution >= 4 is 17.3 Å². The third-order valence-electron chi connectivity index (χ3n) is 4.57. The molecule has 1 atom stereocenters. The SMILES string of the molecule is CC(CCc1ccco1)NC(=O)c1ccc(N2CCOCC2)c([N+](=O)[O-])c1. The van der Waals surface area contributed by atoms with Gasteiger partial charge in [-0.15, -0.1) is 0 Å². The van der Waals surface area contributed by atoms with Gasteiger partial charge in [0.2, 0.25) is 0 Å². The number of nitro benzene ring substituents is 1. The van der Waals surface area contributed by atoms with Crippen LogP contribution in [0.1, 0.15) is 29.5 Å². The Bertz CT molecular complexity index is 785. The monoisotopic (exact) mass is 373 g/mol. The van der Waals surface area contributed by atoms with E-state index in [2.05, 4.69) is 5.32 Å². The Morgan fingerprint density at radius 3 is 2.78 bits per heavy atom. The summed E-state index contributed by atoms with van der Waals surface area (Å²) in [6.07, 6.45) is 3.05. The Morgan fingerprint density at radius 2 is 2.11 bits per heavy atom. The van der Waals surface area contributed by atoms with Crippen LogP contribution < -0.4 is 10.2 Å². The molecule has 0 saturated carbocycles. The number of hydrogen-bond acceptors (Lipinski definition) is 6. The predicted molar refractivity (Wildman–Crippen MR) is 100 cm³/mol. The summed E-state index contributed by atoms with van der Waals surface area (Å²) in [6.45, 7) is 4.16. The van der Waals surface area contributed by atoms with Crippen LogP contribution in [-0.4, -0.2) is 43.2 Å². The molecule has 1 amide bonds. The summed E-state index contributed by atoms with van der Waals surface area (Å²) in [4.78, 5) is 25.5. The van der Waals surface area contributed by atoms with Crippen molar-refractivity contribution in [3.8, 4) is 0 Å². The Hall–Kier alpha value is -2.87. The lowest BCUT2D eigenvalue weighted by atomic mass is 10.1. The molecule has 1 N–H and O–H groups in total. The summed E-state index contributed by atoms with van der Waals surface area (Å²) in [5, 5.41) is 14.4. The highest BCUT2D eigenvalue weighted by atomic mass is 16.6. The van der Waals surface area contributed by atoms with Crippen LogP contribution in [-0.2, 0) is 11.2 Å². The number of carbonyl (C=O) groups excluding carboxylic acids is 1. The summed E-state index contributed by atoms with van der Waals surface area (Å²) in [5.74, 6) is 0.542. The first-order valence-electron chi connectivity index (χ1n) is 8.99. The molecule has 1 aromatic heterocycles. The molecule has 27 heavy (non-hydrogen) atoms. The van der Waals surface area contributed by atoms with Crippen LogP contribution in [0.2, 0.25) is 0 Å². The number of hydrogen-bond donors (Lipinski definition) is 1. The maximum atomic E-state index is 12.5. The van der Waals surface area contributed by atoms with Crippen molar-refractivity contribution in [3.63, 3.8) is 0 Å². The average Bonchev–Trinajstić information content (AvgIpc) is 3.20. The average molecular weight is 373 g/mol. The molecule has 1 fully saturated rings. The van der Waals surface area contributed by atoms with E-state index in [0.29, 0.717) is 44.8 Å². The second-order valence-corrected chi connectivity index (χ2v) is 6.55. The van der Waals surface area contributed by atoms with Crippen LogP contribution in [0.5, 0.6) is 0 Å². The van der Waals surface area contributed by atoms with Gasteiger partial charge in [-0.1, -0.05) is 0 Å². The van der Waals surface area contributed by atoms with Crippen molar-refractivity contribution in [2.75, 3.05) is 31.2 Å². The Morgan fingerprint density at radius 1 is 1.33 bits per heavy atom. The summed E-state index contributed by atoms with van der Waals surface area (Å²) < 4.78 is 10.6. The molecule has 2 heterocycles. The molecular weight excluding hydrogens is 350 g/mol. The number of nitrogens with zero attached hydrogens (tertiary/aromatic N) is 2. The Labute approximate surface area is 157 Å². The molecule has 0 radical (unpaired) electrons. The van der Waals surface area contributed by atoms with Crippen molar-refractivity contribution in [2.45, 2.75) is 25.8 Å². The zero-order chi connectivity index (χ0) is 19.2. The van der Waals surface area contributed by atoms with Gasteiger partial charge in [0.25, 0.3) is 11.6 Å². The molecule has 0 aliphatic carbocycles. The van der Waals surface area contributed by atoms with Gasteiger partial charge >= 0.3 is 0 Å². The van der Waals surface area contributed by atoms with Crippen LogP contribution in [0.25, 0.3) is 0 Å². The third kappa shape index (κ3) is 4.85. The first-order valence-corrected chi connectivity index (χ1v) is 8.99. The van der Waals surface area contributed by atoms with E-state index in [1.165, 1.54) is 6.07 Å². The molecular formula is C19H23N3O5. The van der Waals surface area contributed by atoms with Gasteiger partial charge in [0.05, 0.1) is 24.4 Å². The molecule has 0 spiro atoms. The summed E-state index contributed by atoms with van der Waals surface area (Å²) in [6, 6.07) is 8.26. The molecule has 1 aromatic carbocycles. The second kappa shape index (κ2) is 8.68. The molecule has 8 nitrogen and oxygen atoms in total. The zero-order valence-electron chi connectivity index (χ0n) is 15.2. The van der Waals surface area contributed by atoms with Crippen molar-refractivity contribution in [2.24, 2.45) is 0 Å². The van der Waals surface area contributed by atoms with E-state index < -0.39 is 4.92 Å². The number of morpholine rings is 1. The molecule has 144 valence electrons. The first-order chi connectivity index (χ1) is 13.0.